The molecule has 0 radical (unpaired) electrons. The Morgan fingerprint density at radius 1 is 1.00 bits per heavy atom. The molecule has 0 N–H and O–H groups in total. The van der Waals surface area contributed by atoms with Crippen molar-refractivity contribution in [1.29, 1.82) is 0 Å². The fourth-order valence-corrected chi connectivity index (χ4v) is 4.43. The molecule has 154 valence electrons. The van der Waals surface area contributed by atoms with Gasteiger partial charge in [-0.2, -0.15) is 0 Å². The molecule has 2 aliphatic rings. The van der Waals surface area contributed by atoms with Gasteiger partial charge >= 0.3 is 0 Å². The first-order chi connectivity index (χ1) is 13.4. The Morgan fingerprint density at radius 3 is 2.43 bits per heavy atom. The van der Waals surface area contributed by atoms with Gasteiger partial charge in [0, 0.05) is 45.2 Å². The van der Waals surface area contributed by atoms with E-state index >= 15 is 0 Å². The standard InChI is InChI=1S/C23H35N3O2/c1-18-7-8-21(19(2)16-18)9-10-22(27)25-14-12-24(13-15-25)17-23(28)26-11-5-4-6-20(26)3/h7-8,16,20H,4-6,9-15,17H2,1-3H3. The molecule has 0 spiro atoms. The predicted molar refractivity (Wildman–Crippen MR) is 112 cm³/mol. The van der Waals surface area contributed by atoms with E-state index in [1.165, 1.54) is 23.1 Å². The first-order valence-corrected chi connectivity index (χ1v) is 10.8. The maximum Gasteiger partial charge on any atom is 0.236 e. The topological polar surface area (TPSA) is 43.9 Å². The minimum Gasteiger partial charge on any atom is -0.340 e. The number of aryl methyl sites for hydroxylation is 3. The average Bonchev–Trinajstić information content (AvgIpc) is 2.68. The van der Waals surface area contributed by atoms with Gasteiger partial charge in [-0.1, -0.05) is 23.8 Å². The zero-order valence-corrected chi connectivity index (χ0v) is 17.7. The fourth-order valence-electron chi connectivity index (χ4n) is 4.43. The Morgan fingerprint density at radius 2 is 1.75 bits per heavy atom. The lowest BCUT2D eigenvalue weighted by atomic mass is 10.0. The predicted octanol–water partition coefficient (Wildman–Crippen LogP) is 2.78. The number of piperazine rings is 1. The smallest absolute Gasteiger partial charge is 0.236 e. The average molecular weight is 386 g/mol. The Kier molecular flexibility index (Phi) is 7.11. The van der Waals surface area contributed by atoms with E-state index in [0.29, 0.717) is 19.0 Å². The van der Waals surface area contributed by atoms with Crippen LogP contribution in [0.3, 0.4) is 0 Å². The van der Waals surface area contributed by atoms with Crippen molar-refractivity contribution in [2.75, 3.05) is 39.3 Å². The number of benzene rings is 1. The Balaban J connectivity index is 1.41. The van der Waals surface area contributed by atoms with Gasteiger partial charge in [-0.25, -0.2) is 0 Å². The van der Waals surface area contributed by atoms with E-state index in [0.717, 1.165) is 52.0 Å². The van der Waals surface area contributed by atoms with Crippen molar-refractivity contribution < 1.29 is 9.59 Å². The van der Waals surface area contributed by atoms with Crippen LogP contribution >= 0.6 is 0 Å². The van der Waals surface area contributed by atoms with Gasteiger partial charge in [0.25, 0.3) is 0 Å². The summed E-state index contributed by atoms with van der Waals surface area (Å²) < 4.78 is 0. The monoisotopic (exact) mass is 385 g/mol. The van der Waals surface area contributed by atoms with Gasteiger partial charge < -0.3 is 9.80 Å². The number of hydrogen-bond acceptors (Lipinski definition) is 3. The molecule has 2 saturated heterocycles. The summed E-state index contributed by atoms with van der Waals surface area (Å²) in [6.45, 7) is 10.8. The normalized spacial score (nSPS) is 21.0. The summed E-state index contributed by atoms with van der Waals surface area (Å²) in [5, 5.41) is 0. The van der Waals surface area contributed by atoms with E-state index in [9.17, 15) is 9.59 Å². The third-order valence-electron chi connectivity index (χ3n) is 6.31. The van der Waals surface area contributed by atoms with Crippen LogP contribution < -0.4 is 0 Å². The lowest BCUT2D eigenvalue weighted by Gasteiger charge is -2.38. The number of likely N-dealkylation sites (tertiary alicyclic amines) is 1. The van der Waals surface area contributed by atoms with Crippen molar-refractivity contribution >= 4 is 11.8 Å². The lowest BCUT2D eigenvalue weighted by Crippen LogP contribution is -2.53. The van der Waals surface area contributed by atoms with Gasteiger partial charge in [0.2, 0.25) is 11.8 Å². The maximum absolute atomic E-state index is 12.6. The second-order valence-electron chi connectivity index (χ2n) is 8.52. The van der Waals surface area contributed by atoms with Gasteiger partial charge in [-0.15, -0.1) is 0 Å². The molecule has 5 heteroatoms. The summed E-state index contributed by atoms with van der Waals surface area (Å²) in [6, 6.07) is 6.81. The van der Waals surface area contributed by atoms with Crippen molar-refractivity contribution in [3.63, 3.8) is 0 Å². The second-order valence-corrected chi connectivity index (χ2v) is 8.52. The van der Waals surface area contributed by atoms with Crippen LogP contribution in [-0.4, -0.2) is 71.8 Å². The van der Waals surface area contributed by atoms with Crippen molar-refractivity contribution in [3.8, 4) is 0 Å². The molecule has 0 saturated carbocycles. The van der Waals surface area contributed by atoms with Gasteiger partial charge in [0.1, 0.15) is 0 Å². The first kappa shape index (κ1) is 20.8. The highest BCUT2D eigenvalue weighted by molar-refractivity contribution is 5.79. The van der Waals surface area contributed by atoms with Crippen molar-refractivity contribution in [3.05, 3.63) is 34.9 Å². The summed E-state index contributed by atoms with van der Waals surface area (Å²) >= 11 is 0. The molecular formula is C23H35N3O2. The van der Waals surface area contributed by atoms with E-state index in [1.807, 2.05) is 9.80 Å². The molecule has 1 aromatic rings. The van der Waals surface area contributed by atoms with Crippen LogP contribution in [0.4, 0.5) is 0 Å². The van der Waals surface area contributed by atoms with Crippen molar-refractivity contribution in [2.45, 2.75) is 58.9 Å². The summed E-state index contributed by atoms with van der Waals surface area (Å²) in [5.74, 6) is 0.484. The van der Waals surface area contributed by atoms with E-state index in [2.05, 4.69) is 43.9 Å². The Bertz CT molecular complexity index is 695. The van der Waals surface area contributed by atoms with Crippen LogP contribution in [0.1, 0.15) is 49.3 Å². The van der Waals surface area contributed by atoms with Crippen LogP contribution in [0.5, 0.6) is 0 Å². The molecule has 0 aliphatic carbocycles. The zero-order chi connectivity index (χ0) is 20.1. The number of nitrogens with zero attached hydrogens (tertiary/aromatic N) is 3. The molecule has 3 rings (SSSR count). The van der Waals surface area contributed by atoms with Gasteiger partial charge in [0.05, 0.1) is 6.54 Å². The lowest BCUT2D eigenvalue weighted by molar-refractivity contribution is -0.137. The summed E-state index contributed by atoms with van der Waals surface area (Å²) in [6.07, 6.45) is 4.84. The molecule has 0 bridgehead atoms. The Hall–Kier alpha value is -1.88. The van der Waals surface area contributed by atoms with Gasteiger partial charge in [-0.3, -0.25) is 14.5 Å². The molecule has 1 atom stereocenters. The van der Waals surface area contributed by atoms with Gasteiger partial charge in [-0.05, 0) is 57.6 Å². The molecule has 28 heavy (non-hydrogen) atoms. The fraction of sp³-hybridized carbons (Fsp3) is 0.652. The number of carbonyl (C=O) groups excluding carboxylic acids is 2. The highest BCUT2D eigenvalue weighted by Gasteiger charge is 2.27. The van der Waals surface area contributed by atoms with Gasteiger partial charge in [0.15, 0.2) is 0 Å². The number of piperidine rings is 1. The van der Waals surface area contributed by atoms with E-state index in [4.69, 9.17) is 0 Å². The van der Waals surface area contributed by atoms with Crippen LogP contribution in [0.25, 0.3) is 0 Å². The maximum atomic E-state index is 12.6. The number of carbonyl (C=O) groups is 2. The number of rotatable bonds is 5. The number of hydrogen-bond donors (Lipinski definition) is 0. The molecule has 1 unspecified atom stereocenters. The van der Waals surface area contributed by atoms with Crippen molar-refractivity contribution in [1.82, 2.24) is 14.7 Å². The summed E-state index contributed by atoms with van der Waals surface area (Å²) in [4.78, 5) is 31.4. The quantitative estimate of drug-likeness (QED) is 0.783. The summed E-state index contributed by atoms with van der Waals surface area (Å²) in [5.41, 5.74) is 3.79. The van der Waals surface area contributed by atoms with Crippen LogP contribution in [-0.2, 0) is 16.0 Å². The molecule has 2 heterocycles. The Labute approximate surface area is 169 Å². The van der Waals surface area contributed by atoms with Crippen molar-refractivity contribution in [2.24, 2.45) is 0 Å². The molecular weight excluding hydrogens is 350 g/mol. The molecule has 2 aliphatic heterocycles. The minimum absolute atomic E-state index is 0.232. The second kappa shape index (κ2) is 9.55. The first-order valence-electron chi connectivity index (χ1n) is 10.8. The third kappa shape index (κ3) is 5.34. The highest BCUT2D eigenvalue weighted by atomic mass is 16.2. The molecule has 5 nitrogen and oxygen atoms in total. The number of amides is 2. The van der Waals surface area contributed by atoms with Crippen LogP contribution in [0.15, 0.2) is 18.2 Å². The molecule has 2 amide bonds. The highest BCUT2D eigenvalue weighted by Crippen LogP contribution is 2.17. The van der Waals surface area contributed by atoms with Crippen LogP contribution in [0, 0.1) is 13.8 Å². The minimum atomic E-state index is 0.232. The van der Waals surface area contributed by atoms with E-state index in [1.54, 1.807) is 0 Å². The molecule has 0 aromatic heterocycles. The molecule has 1 aromatic carbocycles. The van der Waals surface area contributed by atoms with E-state index in [-0.39, 0.29) is 11.8 Å². The van der Waals surface area contributed by atoms with Crippen LogP contribution in [0.2, 0.25) is 0 Å². The zero-order valence-electron chi connectivity index (χ0n) is 17.7. The summed E-state index contributed by atoms with van der Waals surface area (Å²) in [7, 11) is 0. The SMILES string of the molecule is Cc1ccc(CCC(=O)N2CCN(CC(=O)N3CCCCC3C)CC2)c(C)c1. The third-order valence-corrected chi connectivity index (χ3v) is 6.31. The molecule has 2 fully saturated rings. The van der Waals surface area contributed by atoms with E-state index < -0.39 is 0 Å². The largest absolute Gasteiger partial charge is 0.340 e.